The molecule has 0 saturated carbocycles. The Kier molecular flexibility index (Phi) is 8.40. The number of rotatable bonds is 8. The van der Waals surface area contributed by atoms with Crippen molar-refractivity contribution >= 4 is 0 Å². The first-order valence-electron chi connectivity index (χ1n) is 5.05. The van der Waals surface area contributed by atoms with Gasteiger partial charge in [-0.05, 0) is 13.8 Å². The van der Waals surface area contributed by atoms with Crippen molar-refractivity contribution < 1.29 is 9.47 Å². The Morgan fingerprint density at radius 2 is 1.69 bits per heavy atom. The van der Waals surface area contributed by atoms with Crippen molar-refractivity contribution in [1.29, 1.82) is 0 Å². The van der Waals surface area contributed by atoms with Gasteiger partial charge in [0.05, 0.1) is 25.9 Å². The molecule has 0 bridgehead atoms. The Morgan fingerprint density at radius 1 is 1.00 bits per heavy atom. The van der Waals surface area contributed by atoms with Gasteiger partial charge in [0.1, 0.15) is 0 Å². The Labute approximate surface area is 81.8 Å². The summed E-state index contributed by atoms with van der Waals surface area (Å²) in [7, 11) is 0. The summed E-state index contributed by atoms with van der Waals surface area (Å²) in [4.78, 5) is 0. The topological polar surface area (TPSA) is 30.5 Å². The van der Waals surface area contributed by atoms with E-state index in [0.29, 0.717) is 25.4 Å². The van der Waals surface area contributed by atoms with Crippen LogP contribution in [0, 0.1) is 0 Å². The van der Waals surface area contributed by atoms with Gasteiger partial charge in [0, 0.05) is 12.6 Å². The zero-order valence-electron chi connectivity index (χ0n) is 9.30. The predicted molar refractivity (Wildman–Crippen MR) is 55.0 cm³/mol. The van der Waals surface area contributed by atoms with E-state index in [-0.39, 0.29) is 0 Å². The Morgan fingerprint density at radius 3 is 2.23 bits per heavy atom. The minimum absolute atomic E-state index is 0.303. The lowest BCUT2D eigenvalue weighted by Gasteiger charge is -2.09. The minimum atomic E-state index is 0.303. The molecule has 1 N–H and O–H groups in total. The summed E-state index contributed by atoms with van der Waals surface area (Å²) in [6.45, 7) is 11.4. The van der Waals surface area contributed by atoms with Crippen LogP contribution in [-0.2, 0) is 9.47 Å². The fraction of sp³-hybridized carbons (Fsp3) is 1.00. The maximum absolute atomic E-state index is 5.35. The van der Waals surface area contributed by atoms with E-state index in [9.17, 15) is 0 Å². The lowest BCUT2D eigenvalue weighted by molar-refractivity contribution is 0.0202. The number of hydrogen-bond acceptors (Lipinski definition) is 3. The van der Waals surface area contributed by atoms with Gasteiger partial charge in [-0.3, -0.25) is 0 Å². The van der Waals surface area contributed by atoms with Crippen LogP contribution >= 0.6 is 0 Å². The monoisotopic (exact) mass is 189 g/mol. The third-order valence-electron chi connectivity index (χ3n) is 1.48. The van der Waals surface area contributed by atoms with Crippen molar-refractivity contribution in [2.24, 2.45) is 0 Å². The molecule has 0 aliphatic rings. The summed E-state index contributed by atoms with van der Waals surface area (Å²) in [5, 5.41) is 3.28. The smallest absolute Gasteiger partial charge is 0.0703 e. The second kappa shape index (κ2) is 8.48. The highest BCUT2D eigenvalue weighted by atomic mass is 16.5. The van der Waals surface area contributed by atoms with E-state index < -0.39 is 0 Å². The molecular formula is C10H23NO2. The standard InChI is InChI=1S/C10H23NO2/c1-9(2)11-5-6-12-7-8-13-10(3)4/h9-11H,5-8H2,1-4H3. The molecule has 0 aromatic carbocycles. The van der Waals surface area contributed by atoms with E-state index in [1.54, 1.807) is 0 Å². The van der Waals surface area contributed by atoms with E-state index in [2.05, 4.69) is 19.2 Å². The molecule has 0 radical (unpaired) electrons. The summed E-state index contributed by atoms with van der Waals surface area (Å²) in [5.74, 6) is 0. The Balaban J connectivity index is 2.92. The summed E-state index contributed by atoms with van der Waals surface area (Å²) >= 11 is 0. The molecule has 0 saturated heterocycles. The second-order valence-electron chi connectivity index (χ2n) is 3.64. The van der Waals surface area contributed by atoms with Gasteiger partial charge in [0.2, 0.25) is 0 Å². The SMILES string of the molecule is CC(C)NCCOCCOC(C)C. The second-order valence-corrected chi connectivity index (χ2v) is 3.64. The summed E-state index contributed by atoms with van der Waals surface area (Å²) < 4.78 is 10.7. The van der Waals surface area contributed by atoms with Gasteiger partial charge >= 0.3 is 0 Å². The summed E-state index contributed by atoms with van der Waals surface area (Å²) in [6.07, 6.45) is 0.303. The molecule has 0 spiro atoms. The van der Waals surface area contributed by atoms with Gasteiger partial charge in [-0.15, -0.1) is 0 Å². The average molecular weight is 189 g/mol. The van der Waals surface area contributed by atoms with Crippen LogP contribution in [0.5, 0.6) is 0 Å². The van der Waals surface area contributed by atoms with Crippen molar-refractivity contribution in [2.45, 2.75) is 39.8 Å². The first-order valence-corrected chi connectivity index (χ1v) is 5.05. The van der Waals surface area contributed by atoms with Gasteiger partial charge in [0.25, 0.3) is 0 Å². The van der Waals surface area contributed by atoms with Crippen molar-refractivity contribution in [2.75, 3.05) is 26.4 Å². The highest BCUT2D eigenvalue weighted by Crippen LogP contribution is 1.86. The number of nitrogens with one attached hydrogen (secondary N) is 1. The highest BCUT2D eigenvalue weighted by Gasteiger charge is 1.94. The van der Waals surface area contributed by atoms with Crippen molar-refractivity contribution in [3.8, 4) is 0 Å². The van der Waals surface area contributed by atoms with Gasteiger partial charge in [0.15, 0.2) is 0 Å². The van der Waals surface area contributed by atoms with Gasteiger partial charge in [-0.2, -0.15) is 0 Å². The molecule has 0 rings (SSSR count). The Bertz CT molecular complexity index is 93.1. The van der Waals surface area contributed by atoms with Crippen LogP contribution in [0.25, 0.3) is 0 Å². The van der Waals surface area contributed by atoms with Crippen molar-refractivity contribution in [3.63, 3.8) is 0 Å². The molecule has 0 aromatic rings. The fourth-order valence-corrected chi connectivity index (χ4v) is 0.865. The number of hydrogen-bond donors (Lipinski definition) is 1. The van der Waals surface area contributed by atoms with Crippen LogP contribution in [0.15, 0.2) is 0 Å². The van der Waals surface area contributed by atoms with Crippen LogP contribution in [0.1, 0.15) is 27.7 Å². The van der Waals surface area contributed by atoms with E-state index in [4.69, 9.17) is 9.47 Å². The molecule has 3 heteroatoms. The quantitative estimate of drug-likeness (QED) is 0.586. The molecule has 0 aliphatic carbocycles. The van der Waals surface area contributed by atoms with Crippen LogP contribution in [0.4, 0.5) is 0 Å². The molecule has 0 heterocycles. The van der Waals surface area contributed by atoms with Crippen LogP contribution < -0.4 is 5.32 Å². The molecule has 0 aromatic heterocycles. The van der Waals surface area contributed by atoms with Crippen LogP contribution in [0.3, 0.4) is 0 Å². The van der Waals surface area contributed by atoms with Gasteiger partial charge in [-0.1, -0.05) is 13.8 Å². The Hall–Kier alpha value is -0.120. The van der Waals surface area contributed by atoms with Gasteiger partial charge < -0.3 is 14.8 Å². The maximum atomic E-state index is 5.35. The third-order valence-corrected chi connectivity index (χ3v) is 1.48. The zero-order valence-corrected chi connectivity index (χ0v) is 9.30. The molecule has 80 valence electrons. The summed E-state index contributed by atoms with van der Waals surface area (Å²) in [6, 6.07) is 0.538. The van der Waals surface area contributed by atoms with E-state index >= 15 is 0 Å². The first-order chi connectivity index (χ1) is 6.13. The lowest BCUT2D eigenvalue weighted by Crippen LogP contribution is -2.27. The third kappa shape index (κ3) is 11.9. The predicted octanol–water partition coefficient (Wildman–Crippen LogP) is 1.43. The average Bonchev–Trinajstić information content (AvgIpc) is 2.01. The zero-order chi connectivity index (χ0) is 10.1. The van der Waals surface area contributed by atoms with E-state index in [1.807, 2.05) is 13.8 Å². The molecule has 0 amide bonds. The van der Waals surface area contributed by atoms with E-state index in [0.717, 1.165) is 13.2 Å². The van der Waals surface area contributed by atoms with Gasteiger partial charge in [-0.25, -0.2) is 0 Å². The first kappa shape index (κ1) is 12.9. The largest absolute Gasteiger partial charge is 0.378 e. The molecule has 0 fully saturated rings. The molecule has 0 atom stereocenters. The minimum Gasteiger partial charge on any atom is -0.378 e. The fourth-order valence-electron chi connectivity index (χ4n) is 0.865. The molecule has 0 unspecified atom stereocenters. The van der Waals surface area contributed by atoms with Crippen molar-refractivity contribution in [3.05, 3.63) is 0 Å². The normalized spacial score (nSPS) is 11.5. The lowest BCUT2D eigenvalue weighted by atomic mass is 10.4. The highest BCUT2D eigenvalue weighted by molar-refractivity contribution is 4.50. The molecular weight excluding hydrogens is 166 g/mol. The molecule has 3 nitrogen and oxygen atoms in total. The maximum Gasteiger partial charge on any atom is 0.0703 e. The van der Waals surface area contributed by atoms with Crippen LogP contribution in [-0.4, -0.2) is 38.5 Å². The van der Waals surface area contributed by atoms with E-state index in [1.165, 1.54) is 0 Å². The number of ether oxygens (including phenoxy) is 2. The van der Waals surface area contributed by atoms with Crippen LogP contribution in [0.2, 0.25) is 0 Å². The molecule has 13 heavy (non-hydrogen) atoms. The van der Waals surface area contributed by atoms with Crippen molar-refractivity contribution in [1.82, 2.24) is 5.32 Å². The summed E-state index contributed by atoms with van der Waals surface area (Å²) in [5.41, 5.74) is 0. The molecule has 0 aliphatic heterocycles.